The zero-order valence-electron chi connectivity index (χ0n) is 11.5. The Morgan fingerprint density at radius 1 is 1.06 bits per heavy atom. The predicted octanol–water partition coefficient (Wildman–Crippen LogP) is 1.98. The van der Waals surface area contributed by atoms with Gasteiger partial charge in [0.2, 0.25) is 5.91 Å². The molecule has 17 heavy (non-hydrogen) atoms. The van der Waals surface area contributed by atoms with E-state index in [1.54, 1.807) is 0 Å². The molecule has 0 aromatic heterocycles. The van der Waals surface area contributed by atoms with Crippen molar-refractivity contribution < 1.29 is 4.79 Å². The van der Waals surface area contributed by atoms with E-state index < -0.39 is 0 Å². The molecule has 0 aromatic rings. The van der Waals surface area contributed by atoms with Crippen LogP contribution in [0, 0.1) is 11.3 Å². The van der Waals surface area contributed by atoms with Crippen molar-refractivity contribution in [3.8, 4) is 0 Å². The van der Waals surface area contributed by atoms with Crippen LogP contribution in [0.25, 0.3) is 0 Å². The van der Waals surface area contributed by atoms with E-state index in [2.05, 4.69) is 30.7 Å². The van der Waals surface area contributed by atoms with Gasteiger partial charge in [-0.25, -0.2) is 0 Å². The van der Waals surface area contributed by atoms with Crippen molar-refractivity contribution in [2.45, 2.75) is 39.5 Å². The Labute approximate surface area is 105 Å². The third-order valence-corrected chi connectivity index (χ3v) is 4.50. The number of carbonyl (C=O) groups is 1. The Balaban J connectivity index is 1.84. The molecule has 0 bridgehead atoms. The van der Waals surface area contributed by atoms with Crippen LogP contribution < -0.4 is 0 Å². The van der Waals surface area contributed by atoms with E-state index in [9.17, 15) is 4.79 Å². The van der Waals surface area contributed by atoms with Gasteiger partial charge in [0.15, 0.2) is 0 Å². The van der Waals surface area contributed by atoms with Gasteiger partial charge in [-0.15, -0.1) is 0 Å². The van der Waals surface area contributed by atoms with Crippen LogP contribution in [0.15, 0.2) is 0 Å². The maximum atomic E-state index is 12.4. The van der Waals surface area contributed by atoms with E-state index in [0.29, 0.717) is 17.2 Å². The van der Waals surface area contributed by atoms with Crippen LogP contribution >= 0.6 is 0 Å². The van der Waals surface area contributed by atoms with E-state index in [4.69, 9.17) is 0 Å². The fraction of sp³-hybridized carbons (Fsp3) is 0.929. The second kappa shape index (κ2) is 4.97. The Morgan fingerprint density at radius 3 is 2.12 bits per heavy atom. The van der Waals surface area contributed by atoms with E-state index in [1.165, 1.54) is 0 Å². The van der Waals surface area contributed by atoms with Crippen LogP contribution in [-0.2, 0) is 4.79 Å². The smallest absolute Gasteiger partial charge is 0.225 e. The van der Waals surface area contributed by atoms with Gasteiger partial charge in [0.1, 0.15) is 0 Å². The van der Waals surface area contributed by atoms with Gasteiger partial charge < -0.3 is 9.80 Å². The van der Waals surface area contributed by atoms with Crippen molar-refractivity contribution in [2.75, 3.05) is 33.2 Å². The van der Waals surface area contributed by atoms with Gasteiger partial charge in [0, 0.05) is 19.0 Å². The van der Waals surface area contributed by atoms with Gasteiger partial charge >= 0.3 is 0 Å². The molecule has 0 spiro atoms. The molecule has 3 nitrogen and oxygen atoms in total. The van der Waals surface area contributed by atoms with E-state index in [1.807, 2.05) is 0 Å². The largest absolute Gasteiger partial charge is 0.342 e. The Kier molecular flexibility index (Phi) is 3.76. The summed E-state index contributed by atoms with van der Waals surface area (Å²) in [6.07, 6.45) is 4.42. The number of hydrogen-bond acceptors (Lipinski definition) is 2. The molecule has 3 heteroatoms. The molecule has 0 aliphatic carbocycles. The molecule has 2 rings (SSSR count). The number of carbonyl (C=O) groups excluding carboxylic acids is 1. The molecule has 2 aliphatic rings. The fourth-order valence-corrected chi connectivity index (χ4v) is 2.85. The number of nitrogens with zero attached hydrogens (tertiary/aromatic N) is 2. The lowest BCUT2D eigenvalue weighted by molar-refractivity contribution is -0.139. The minimum absolute atomic E-state index is 0.299. The van der Waals surface area contributed by atoms with E-state index >= 15 is 0 Å². The van der Waals surface area contributed by atoms with Crippen LogP contribution in [-0.4, -0.2) is 48.9 Å². The summed E-state index contributed by atoms with van der Waals surface area (Å²) in [6, 6.07) is 0. The topological polar surface area (TPSA) is 23.6 Å². The van der Waals surface area contributed by atoms with Crippen LogP contribution in [0.2, 0.25) is 0 Å². The highest BCUT2D eigenvalue weighted by molar-refractivity contribution is 5.79. The first-order valence-corrected chi connectivity index (χ1v) is 6.95. The molecular weight excluding hydrogens is 212 g/mol. The van der Waals surface area contributed by atoms with Crippen LogP contribution in [0.1, 0.15) is 39.5 Å². The Morgan fingerprint density at radius 2 is 1.59 bits per heavy atom. The third-order valence-electron chi connectivity index (χ3n) is 4.50. The standard InChI is InChI=1S/C14H26N2O/c1-14(2)6-10-16(11-7-14)13(17)12-4-8-15(3)9-5-12/h12H,4-11H2,1-3H3. The molecular formula is C14H26N2O. The molecule has 0 atom stereocenters. The van der Waals surface area contributed by atoms with Crippen molar-refractivity contribution >= 4 is 5.91 Å². The first-order valence-electron chi connectivity index (χ1n) is 6.95. The van der Waals surface area contributed by atoms with Crippen LogP contribution in [0.5, 0.6) is 0 Å². The highest BCUT2D eigenvalue weighted by Crippen LogP contribution is 2.31. The molecule has 2 saturated heterocycles. The van der Waals surface area contributed by atoms with E-state index in [0.717, 1.165) is 51.9 Å². The maximum Gasteiger partial charge on any atom is 0.225 e. The van der Waals surface area contributed by atoms with Crippen LogP contribution in [0.3, 0.4) is 0 Å². The summed E-state index contributed by atoms with van der Waals surface area (Å²) >= 11 is 0. The maximum absolute atomic E-state index is 12.4. The molecule has 0 aromatic carbocycles. The number of piperidine rings is 2. The van der Waals surface area contributed by atoms with Gasteiger partial charge in [-0.1, -0.05) is 13.8 Å². The molecule has 2 heterocycles. The lowest BCUT2D eigenvalue weighted by Crippen LogP contribution is -2.46. The number of hydrogen-bond donors (Lipinski definition) is 0. The van der Waals surface area contributed by atoms with Gasteiger partial charge in [-0.3, -0.25) is 4.79 Å². The number of rotatable bonds is 1. The molecule has 0 N–H and O–H groups in total. The van der Waals surface area contributed by atoms with Gasteiger partial charge in [-0.2, -0.15) is 0 Å². The zero-order chi connectivity index (χ0) is 12.5. The molecule has 1 amide bonds. The van der Waals surface area contributed by atoms with E-state index in [-0.39, 0.29) is 0 Å². The summed E-state index contributed by atoms with van der Waals surface area (Å²) in [5.74, 6) is 0.723. The average molecular weight is 238 g/mol. The summed E-state index contributed by atoms with van der Waals surface area (Å²) in [6.45, 7) is 8.72. The van der Waals surface area contributed by atoms with Crippen molar-refractivity contribution in [1.82, 2.24) is 9.80 Å². The minimum atomic E-state index is 0.299. The van der Waals surface area contributed by atoms with Crippen molar-refractivity contribution in [2.24, 2.45) is 11.3 Å². The lowest BCUT2D eigenvalue weighted by Gasteiger charge is -2.39. The van der Waals surface area contributed by atoms with Crippen molar-refractivity contribution in [3.63, 3.8) is 0 Å². The third kappa shape index (κ3) is 3.21. The quantitative estimate of drug-likeness (QED) is 0.697. The number of amides is 1. The average Bonchev–Trinajstić information content (AvgIpc) is 2.29. The van der Waals surface area contributed by atoms with Gasteiger partial charge in [-0.05, 0) is 51.2 Å². The SMILES string of the molecule is CN1CCC(C(=O)N2CCC(C)(C)CC2)CC1. The summed E-state index contributed by atoms with van der Waals surface area (Å²) < 4.78 is 0. The molecule has 98 valence electrons. The number of likely N-dealkylation sites (tertiary alicyclic amines) is 2. The first-order chi connectivity index (χ1) is 7.98. The van der Waals surface area contributed by atoms with Gasteiger partial charge in [0.05, 0.1) is 0 Å². The molecule has 0 saturated carbocycles. The molecule has 0 unspecified atom stereocenters. The van der Waals surface area contributed by atoms with Crippen LogP contribution in [0.4, 0.5) is 0 Å². The lowest BCUT2D eigenvalue weighted by atomic mass is 9.82. The van der Waals surface area contributed by atoms with Crippen molar-refractivity contribution in [3.05, 3.63) is 0 Å². The summed E-state index contributed by atoms with van der Waals surface area (Å²) in [5.41, 5.74) is 0.434. The summed E-state index contributed by atoms with van der Waals surface area (Å²) in [7, 11) is 2.14. The summed E-state index contributed by atoms with van der Waals surface area (Å²) in [5, 5.41) is 0. The fourth-order valence-electron chi connectivity index (χ4n) is 2.85. The Bertz CT molecular complexity index is 270. The second-order valence-corrected chi connectivity index (χ2v) is 6.57. The first kappa shape index (κ1) is 12.9. The highest BCUT2D eigenvalue weighted by atomic mass is 16.2. The molecule has 2 aliphatic heterocycles. The molecule has 0 radical (unpaired) electrons. The highest BCUT2D eigenvalue weighted by Gasteiger charge is 2.32. The minimum Gasteiger partial charge on any atom is -0.342 e. The molecule has 2 fully saturated rings. The van der Waals surface area contributed by atoms with Gasteiger partial charge in [0.25, 0.3) is 0 Å². The summed E-state index contributed by atoms with van der Waals surface area (Å²) in [4.78, 5) is 16.8. The van der Waals surface area contributed by atoms with Crippen molar-refractivity contribution in [1.29, 1.82) is 0 Å². The Hall–Kier alpha value is -0.570. The predicted molar refractivity (Wildman–Crippen MR) is 69.8 cm³/mol. The monoisotopic (exact) mass is 238 g/mol. The second-order valence-electron chi connectivity index (χ2n) is 6.57. The zero-order valence-corrected chi connectivity index (χ0v) is 11.5. The normalized spacial score (nSPS) is 27.1.